The van der Waals surface area contributed by atoms with E-state index in [0.717, 1.165) is 0 Å². The second-order valence-electron chi connectivity index (χ2n) is 6.44. The zero-order valence-corrected chi connectivity index (χ0v) is 14.9. The molecule has 1 aromatic heterocycles. The summed E-state index contributed by atoms with van der Waals surface area (Å²) in [4.78, 5) is 20.1. The lowest BCUT2D eigenvalue weighted by Crippen LogP contribution is -2.55. The van der Waals surface area contributed by atoms with E-state index in [1.165, 1.54) is 12.1 Å². The van der Waals surface area contributed by atoms with E-state index >= 15 is 0 Å². The molecule has 0 N–H and O–H groups in total. The number of ether oxygens (including phenoxy) is 1. The Morgan fingerprint density at radius 3 is 2.64 bits per heavy atom. The van der Waals surface area contributed by atoms with Crippen LogP contribution in [0.5, 0.6) is 0 Å². The third-order valence-corrected chi connectivity index (χ3v) is 3.73. The van der Waals surface area contributed by atoms with E-state index in [2.05, 4.69) is 20.9 Å². The van der Waals surface area contributed by atoms with Crippen LogP contribution in [0.25, 0.3) is 0 Å². The molecule has 1 aliphatic heterocycles. The number of halogens is 2. The van der Waals surface area contributed by atoms with Gasteiger partial charge in [-0.25, -0.2) is 14.2 Å². The number of hydrogen-bond donors (Lipinski definition) is 0. The number of piperazine rings is 1. The minimum absolute atomic E-state index is 0.0348. The third kappa shape index (κ3) is 4.32. The molecule has 1 saturated heterocycles. The van der Waals surface area contributed by atoms with Crippen molar-refractivity contribution in [2.45, 2.75) is 39.3 Å². The van der Waals surface area contributed by atoms with Crippen LogP contribution in [0, 0.1) is 5.82 Å². The lowest BCUT2D eigenvalue weighted by molar-refractivity contribution is 0.0158. The van der Waals surface area contributed by atoms with Gasteiger partial charge in [-0.05, 0) is 43.6 Å². The van der Waals surface area contributed by atoms with Gasteiger partial charge in [0.2, 0.25) is 0 Å². The van der Waals surface area contributed by atoms with Crippen molar-refractivity contribution in [2.24, 2.45) is 0 Å². The van der Waals surface area contributed by atoms with Crippen LogP contribution >= 0.6 is 15.9 Å². The summed E-state index contributed by atoms with van der Waals surface area (Å²) in [5.74, 6) is 0.238. The van der Waals surface area contributed by atoms with Crippen molar-refractivity contribution < 1.29 is 13.9 Å². The van der Waals surface area contributed by atoms with E-state index in [0.29, 0.717) is 30.1 Å². The van der Waals surface area contributed by atoms with Crippen LogP contribution in [-0.4, -0.2) is 47.3 Å². The first kappa shape index (κ1) is 17.0. The summed E-state index contributed by atoms with van der Waals surface area (Å²) in [5.41, 5.74) is -0.511. The second-order valence-corrected chi connectivity index (χ2v) is 7.25. The van der Waals surface area contributed by atoms with E-state index in [9.17, 15) is 9.18 Å². The minimum atomic E-state index is -0.511. The maximum Gasteiger partial charge on any atom is 0.410 e. The van der Waals surface area contributed by atoms with Crippen LogP contribution < -0.4 is 4.90 Å². The Kier molecular flexibility index (Phi) is 4.94. The van der Waals surface area contributed by atoms with E-state index in [1.807, 2.05) is 32.6 Å². The highest BCUT2D eigenvalue weighted by Crippen LogP contribution is 2.22. The molecule has 22 heavy (non-hydrogen) atoms. The second kappa shape index (κ2) is 6.40. The summed E-state index contributed by atoms with van der Waals surface area (Å²) < 4.78 is 19.4. The van der Waals surface area contributed by atoms with Crippen LogP contribution in [0.15, 0.2) is 16.7 Å². The molecule has 0 aliphatic carbocycles. The van der Waals surface area contributed by atoms with Crippen molar-refractivity contribution >= 4 is 27.8 Å². The number of pyridine rings is 1. The summed E-state index contributed by atoms with van der Waals surface area (Å²) in [6, 6.07) is 2.69. The Balaban J connectivity index is 2.05. The molecule has 2 heterocycles. The summed E-state index contributed by atoms with van der Waals surface area (Å²) in [5, 5.41) is 0. The van der Waals surface area contributed by atoms with Gasteiger partial charge in [0.05, 0.1) is 0 Å². The fourth-order valence-electron chi connectivity index (χ4n) is 2.37. The predicted molar refractivity (Wildman–Crippen MR) is 86.5 cm³/mol. The molecule has 1 atom stereocenters. The molecule has 2 rings (SSSR count). The van der Waals surface area contributed by atoms with Gasteiger partial charge in [0.1, 0.15) is 21.8 Å². The first-order chi connectivity index (χ1) is 10.2. The maximum absolute atomic E-state index is 13.5. The Bertz CT molecular complexity index is 542. The van der Waals surface area contributed by atoms with Crippen LogP contribution in [0.4, 0.5) is 15.0 Å². The highest BCUT2D eigenvalue weighted by Gasteiger charge is 2.31. The van der Waals surface area contributed by atoms with E-state index < -0.39 is 5.60 Å². The fraction of sp³-hybridized carbons (Fsp3) is 0.600. The van der Waals surface area contributed by atoms with E-state index in [-0.39, 0.29) is 18.0 Å². The molecule has 1 fully saturated rings. The molecule has 1 aromatic rings. The molecule has 0 spiro atoms. The zero-order valence-electron chi connectivity index (χ0n) is 13.3. The average molecular weight is 374 g/mol. The minimum Gasteiger partial charge on any atom is -0.444 e. The molecule has 122 valence electrons. The maximum atomic E-state index is 13.5. The number of carbonyl (C=O) groups excluding carboxylic acids is 1. The monoisotopic (exact) mass is 373 g/mol. The van der Waals surface area contributed by atoms with Crippen molar-refractivity contribution in [3.63, 3.8) is 0 Å². The lowest BCUT2D eigenvalue weighted by Gasteiger charge is -2.40. The van der Waals surface area contributed by atoms with Crippen LogP contribution in [-0.2, 0) is 4.74 Å². The van der Waals surface area contributed by atoms with Gasteiger partial charge in [-0.1, -0.05) is 0 Å². The predicted octanol–water partition coefficient (Wildman–Crippen LogP) is 3.43. The summed E-state index contributed by atoms with van der Waals surface area (Å²) >= 11 is 3.20. The first-order valence-electron chi connectivity index (χ1n) is 7.23. The fourth-order valence-corrected chi connectivity index (χ4v) is 2.77. The van der Waals surface area contributed by atoms with Gasteiger partial charge in [0.15, 0.2) is 0 Å². The standard InChI is InChI=1S/C15H21BrFN3O2/c1-10-9-19(13-8-11(17)7-12(16)18-13)5-6-20(10)14(21)22-15(2,3)4/h7-8,10H,5-6,9H2,1-4H3. The van der Waals surface area contributed by atoms with Gasteiger partial charge in [-0.3, -0.25) is 0 Å². The van der Waals surface area contributed by atoms with Crippen molar-refractivity contribution in [1.29, 1.82) is 0 Å². The van der Waals surface area contributed by atoms with E-state index in [1.54, 1.807) is 4.90 Å². The molecule has 0 bridgehead atoms. The molecular formula is C15H21BrFN3O2. The van der Waals surface area contributed by atoms with E-state index in [4.69, 9.17) is 4.74 Å². The lowest BCUT2D eigenvalue weighted by atomic mass is 10.2. The number of hydrogen-bond acceptors (Lipinski definition) is 4. The van der Waals surface area contributed by atoms with Gasteiger partial charge in [0.25, 0.3) is 0 Å². The van der Waals surface area contributed by atoms with Crippen molar-refractivity contribution in [3.05, 3.63) is 22.6 Å². The zero-order chi connectivity index (χ0) is 16.5. The molecular weight excluding hydrogens is 353 g/mol. The van der Waals surface area contributed by atoms with Gasteiger partial charge < -0.3 is 14.5 Å². The van der Waals surface area contributed by atoms with Crippen LogP contribution in [0.1, 0.15) is 27.7 Å². The van der Waals surface area contributed by atoms with Crippen molar-refractivity contribution in [3.8, 4) is 0 Å². The number of anilines is 1. The largest absolute Gasteiger partial charge is 0.444 e. The molecule has 0 saturated carbocycles. The number of carbonyl (C=O) groups is 1. The quantitative estimate of drug-likeness (QED) is 0.707. The van der Waals surface area contributed by atoms with Gasteiger partial charge >= 0.3 is 6.09 Å². The van der Waals surface area contributed by atoms with Crippen molar-refractivity contribution in [1.82, 2.24) is 9.88 Å². The molecule has 1 aliphatic rings. The molecule has 1 unspecified atom stereocenters. The SMILES string of the molecule is CC1CN(c2cc(F)cc(Br)n2)CCN1C(=O)OC(C)(C)C. The summed E-state index contributed by atoms with van der Waals surface area (Å²) in [7, 11) is 0. The Morgan fingerprint density at radius 2 is 2.09 bits per heavy atom. The Morgan fingerprint density at radius 1 is 1.41 bits per heavy atom. The van der Waals surface area contributed by atoms with Gasteiger partial charge in [-0.15, -0.1) is 0 Å². The van der Waals surface area contributed by atoms with Gasteiger partial charge in [-0.2, -0.15) is 0 Å². The third-order valence-electron chi connectivity index (χ3n) is 3.32. The van der Waals surface area contributed by atoms with Crippen molar-refractivity contribution in [2.75, 3.05) is 24.5 Å². The Labute approximate surface area is 138 Å². The molecule has 0 aromatic carbocycles. The normalized spacial score (nSPS) is 19.3. The summed E-state index contributed by atoms with van der Waals surface area (Å²) in [6.45, 7) is 9.19. The smallest absolute Gasteiger partial charge is 0.410 e. The summed E-state index contributed by atoms with van der Waals surface area (Å²) in [6.07, 6.45) is -0.312. The Hall–Kier alpha value is -1.37. The van der Waals surface area contributed by atoms with Crippen LogP contribution in [0.3, 0.4) is 0 Å². The first-order valence-corrected chi connectivity index (χ1v) is 8.02. The molecule has 0 radical (unpaired) electrons. The van der Waals surface area contributed by atoms with Gasteiger partial charge in [0, 0.05) is 37.8 Å². The number of nitrogens with zero attached hydrogens (tertiary/aromatic N) is 3. The molecule has 1 amide bonds. The molecule has 5 nitrogen and oxygen atoms in total. The number of aromatic nitrogens is 1. The van der Waals surface area contributed by atoms with Crippen LogP contribution in [0.2, 0.25) is 0 Å². The number of amides is 1. The molecule has 7 heteroatoms. The number of rotatable bonds is 1. The highest BCUT2D eigenvalue weighted by atomic mass is 79.9. The highest BCUT2D eigenvalue weighted by molar-refractivity contribution is 9.10. The topological polar surface area (TPSA) is 45.7 Å². The average Bonchev–Trinajstić information content (AvgIpc) is 2.35.